The number of rotatable bonds is 2. The molecule has 23 heavy (non-hydrogen) atoms. The molecule has 0 bridgehead atoms. The van der Waals surface area contributed by atoms with E-state index in [1.807, 2.05) is 0 Å². The molecule has 0 unspecified atom stereocenters. The summed E-state index contributed by atoms with van der Waals surface area (Å²) in [6.45, 7) is 11.3. The molecule has 2 aliphatic rings. The molecule has 0 N–H and O–H groups in total. The van der Waals surface area contributed by atoms with E-state index >= 15 is 0 Å². The number of hydrogen-bond donors (Lipinski definition) is 0. The first-order valence-electron chi connectivity index (χ1n) is 8.50. The third-order valence-corrected chi connectivity index (χ3v) is 4.63. The van der Waals surface area contributed by atoms with Gasteiger partial charge >= 0.3 is 0 Å². The van der Waals surface area contributed by atoms with Gasteiger partial charge in [-0.3, -0.25) is 0 Å². The molecular weight excluding hydrogens is 276 g/mol. The first kappa shape index (κ1) is 15.8. The fourth-order valence-corrected chi connectivity index (χ4v) is 3.06. The van der Waals surface area contributed by atoms with Gasteiger partial charge in [0.1, 0.15) is 0 Å². The predicted molar refractivity (Wildman–Crippen MR) is 101 cm³/mol. The van der Waals surface area contributed by atoms with Gasteiger partial charge in [-0.25, -0.2) is 0 Å². The molecule has 0 atom stereocenters. The van der Waals surface area contributed by atoms with Gasteiger partial charge in [-0.2, -0.15) is 0 Å². The van der Waals surface area contributed by atoms with Crippen molar-refractivity contribution in [3.63, 3.8) is 0 Å². The third kappa shape index (κ3) is 3.17. The minimum Gasteiger partial charge on any atom is -0.0610 e. The lowest BCUT2D eigenvalue weighted by atomic mass is 9.86. The van der Waals surface area contributed by atoms with E-state index in [1.165, 1.54) is 33.4 Å². The van der Waals surface area contributed by atoms with Crippen LogP contribution in [0, 0.1) is 0 Å². The topological polar surface area (TPSA) is 0 Å². The van der Waals surface area contributed by atoms with Crippen molar-refractivity contribution in [2.24, 2.45) is 0 Å². The molecular formula is C23H26. The summed E-state index contributed by atoms with van der Waals surface area (Å²) in [7, 11) is 0. The van der Waals surface area contributed by atoms with E-state index in [9.17, 15) is 0 Å². The van der Waals surface area contributed by atoms with E-state index in [-0.39, 0.29) is 5.41 Å². The summed E-state index contributed by atoms with van der Waals surface area (Å²) >= 11 is 0. The lowest BCUT2D eigenvalue weighted by Crippen LogP contribution is -2.10. The second-order valence-electron chi connectivity index (χ2n) is 7.77. The van der Waals surface area contributed by atoms with Crippen LogP contribution in [0.25, 0.3) is 22.3 Å². The van der Waals surface area contributed by atoms with Crippen LogP contribution in [0.1, 0.15) is 51.7 Å². The summed E-state index contributed by atoms with van der Waals surface area (Å²) in [5, 5.41) is 0. The molecule has 0 aromatic heterocycles. The highest BCUT2D eigenvalue weighted by molar-refractivity contribution is 5.85. The predicted octanol–water partition coefficient (Wildman–Crippen LogP) is 6.88. The zero-order valence-corrected chi connectivity index (χ0v) is 14.9. The van der Waals surface area contributed by atoms with Crippen LogP contribution in [0.3, 0.4) is 0 Å². The zero-order valence-electron chi connectivity index (χ0n) is 14.9. The highest BCUT2D eigenvalue weighted by Crippen LogP contribution is 2.36. The molecule has 0 amide bonds. The van der Waals surface area contributed by atoms with Crippen LogP contribution in [0.2, 0.25) is 0 Å². The maximum atomic E-state index is 2.33. The van der Waals surface area contributed by atoms with E-state index in [0.29, 0.717) is 5.92 Å². The molecule has 0 fully saturated rings. The Kier molecular flexibility index (Phi) is 4.02. The van der Waals surface area contributed by atoms with Gasteiger partial charge in [0, 0.05) is 0 Å². The standard InChI is InChI=1S/C23H26/c1-16(2)18-11-14-22(21-8-6-7-19(21)15-18)17-9-12-20(13-10-17)23(3,4)5/h6-16H,1-5H3. The Morgan fingerprint density at radius 2 is 1.35 bits per heavy atom. The molecule has 0 saturated heterocycles. The molecule has 0 nitrogen and oxygen atoms in total. The van der Waals surface area contributed by atoms with Crippen LogP contribution in [0.5, 0.6) is 0 Å². The molecule has 0 heterocycles. The van der Waals surface area contributed by atoms with E-state index in [0.717, 1.165) is 0 Å². The van der Waals surface area contributed by atoms with E-state index in [1.54, 1.807) is 0 Å². The molecule has 0 radical (unpaired) electrons. The van der Waals surface area contributed by atoms with E-state index < -0.39 is 0 Å². The van der Waals surface area contributed by atoms with Crippen molar-refractivity contribution in [1.29, 1.82) is 0 Å². The molecule has 118 valence electrons. The molecule has 0 spiro atoms. The van der Waals surface area contributed by atoms with Crippen LogP contribution < -0.4 is 0 Å². The lowest BCUT2D eigenvalue weighted by Gasteiger charge is -2.19. The second-order valence-corrected chi connectivity index (χ2v) is 7.77. The summed E-state index contributed by atoms with van der Waals surface area (Å²) in [5.74, 6) is 0.539. The van der Waals surface area contributed by atoms with Crippen LogP contribution >= 0.6 is 0 Å². The van der Waals surface area contributed by atoms with Gasteiger partial charge < -0.3 is 0 Å². The number of fused-ring (bicyclic) bond motifs is 1. The summed E-state index contributed by atoms with van der Waals surface area (Å²) < 4.78 is 0. The molecule has 0 aliphatic heterocycles. The van der Waals surface area contributed by atoms with Crippen LogP contribution in [-0.4, -0.2) is 0 Å². The number of hydrogen-bond acceptors (Lipinski definition) is 0. The fourth-order valence-electron chi connectivity index (χ4n) is 3.06. The Balaban J connectivity index is 2.12. The summed E-state index contributed by atoms with van der Waals surface area (Å²) in [6, 6.07) is 22.5. The van der Waals surface area contributed by atoms with Gasteiger partial charge in [0.25, 0.3) is 0 Å². The Bertz CT molecular complexity index is 770. The zero-order chi connectivity index (χ0) is 16.6. The van der Waals surface area contributed by atoms with Crippen molar-refractivity contribution in [2.75, 3.05) is 0 Å². The van der Waals surface area contributed by atoms with Crippen molar-refractivity contribution < 1.29 is 0 Å². The highest BCUT2D eigenvalue weighted by Gasteiger charge is 2.15. The lowest BCUT2D eigenvalue weighted by molar-refractivity contribution is 0.590. The monoisotopic (exact) mass is 302 g/mol. The smallest absolute Gasteiger partial charge is 0.0105 e. The largest absolute Gasteiger partial charge is 0.0610 e. The molecule has 0 saturated carbocycles. The highest BCUT2D eigenvalue weighted by atomic mass is 14.2. The molecule has 2 aliphatic carbocycles. The second kappa shape index (κ2) is 5.85. The Morgan fingerprint density at radius 1 is 0.696 bits per heavy atom. The first-order chi connectivity index (χ1) is 10.9. The van der Waals surface area contributed by atoms with Crippen molar-refractivity contribution in [1.82, 2.24) is 0 Å². The van der Waals surface area contributed by atoms with Gasteiger partial charge in [-0.15, -0.1) is 0 Å². The molecule has 1 aromatic carbocycles. The average Bonchev–Trinajstić information content (AvgIpc) is 2.86. The average molecular weight is 302 g/mol. The summed E-state index contributed by atoms with van der Waals surface area (Å²) in [6.07, 6.45) is 0. The SMILES string of the molecule is CC(C)c1ccc(-c2ccc(C(C)(C)C)cc2)c2cccc-2c1. The Hall–Kier alpha value is -2.08. The minimum absolute atomic E-state index is 0.195. The van der Waals surface area contributed by atoms with Gasteiger partial charge in [0.2, 0.25) is 0 Å². The van der Waals surface area contributed by atoms with Crippen molar-refractivity contribution >= 4 is 0 Å². The first-order valence-corrected chi connectivity index (χ1v) is 8.50. The van der Waals surface area contributed by atoms with Crippen LogP contribution in [0.4, 0.5) is 0 Å². The van der Waals surface area contributed by atoms with Gasteiger partial charge in [0.05, 0.1) is 0 Å². The van der Waals surface area contributed by atoms with Gasteiger partial charge in [0.15, 0.2) is 0 Å². The maximum Gasteiger partial charge on any atom is -0.0105 e. The van der Waals surface area contributed by atoms with Gasteiger partial charge in [-0.05, 0) is 44.7 Å². The van der Waals surface area contributed by atoms with Crippen LogP contribution in [-0.2, 0) is 5.41 Å². The molecule has 3 rings (SSSR count). The Morgan fingerprint density at radius 3 is 1.96 bits per heavy atom. The van der Waals surface area contributed by atoms with Crippen molar-refractivity contribution in [3.8, 4) is 22.3 Å². The van der Waals surface area contributed by atoms with E-state index in [2.05, 4.69) is 95.3 Å². The minimum atomic E-state index is 0.195. The van der Waals surface area contributed by atoms with Gasteiger partial charge in [-0.1, -0.05) is 95.3 Å². The fraction of sp³-hybridized carbons (Fsp3) is 0.304. The quantitative estimate of drug-likeness (QED) is 0.484. The summed E-state index contributed by atoms with van der Waals surface area (Å²) in [5.41, 5.74) is 8.23. The third-order valence-electron chi connectivity index (χ3n) is 4.63. The van der Waals surface area contributed by atoms with E-state index in [4.69, 9.17) is 0 Å². The van der Waals surface area contributed by atoms with Crippen molar-refractivity contribution in [3.05, 3.63) is 71.8 Å². The summed E-state index contributed by atoms with van der Waals surface area (Å²) in [4.78, 5) is 0. The molecule has 0 heteroatoms. The Labute approximate surface area is 140 Å². The maximum absolute atomic E-state index is 2.33. The van der Waals surface area contributed by atoms with Crippen molar-refractivity contribution in [2.45, 2.75) is 46.0 Å². The van der Waals surface area contributed by atoms with Crippen LogP contribution in [0.15, 0.2) is 60.7 Å². The molecule has 1 aromatic rings. The normalized spacial score (nSPS) is 12.1. The number of benzene rings is 1.